The zero-order chi connectivity index (χ0) is 14.5. The second kappa shape index (κ2) is 6.69. The number of methoxy groups -OCH3 is 1. The number of carboxylic acids is 1. The molecule has 2 aromatic heterocycles. The number of thioether (sulfide) groups is 1. The quantitative estimate of drug-likeness (QED) is 0.810. The molecule has 0 bridgehead atoms. The predicted molar refractivity (Wildman–Crippen MR) is 73.2 cm³/mol. The molecule has 106 valence electrons. The fraction of sp³-hybridized carbons (Fsp3) is 0.273. The Kier molecular flexibility index (Phi) is 4.94. The largest absolute Gasteiger partial charge is 0.481 e. The van der Waals surface area contributed by atoms with Gasteiger partial charge in [-0.15, -0.1) is 10.2 Å². The maximum Gasteiger partial charge on any atom is 0.313 e. The number of carbonyl (C=O) groups is 1. The summed E-state index contributed by atoms with van der Waals surface area (Å²) >= 11 is 6.84. The van der Waals surface area contributed by atoms with Crippen molar-refractivity contribution in [1.29, 1.82) is 0 Å². The van der Waals surface area contributed by atoms with E-state index in [-0.39, 0.29) is 10.9 Å². The Morgan fingerprint density at radius 2 is 2.30 bits per heavy atom. The first-order chi connectivity index (χ1) is 9.60. The summed E-state index contributed by atoms with van der Waals surface area (Å²) in [4.78, 5) is 10.7. The van der Waals surface area contributed by atoms with Crippen molar-refractivity contribution >= 4 is 29.3 Å². The van der Waals surface area contributed by atoms with Crippen molar-refractivity contribution in [3.63, 3.8) is 0 Å². The van der Waals surface area contributed by atoms with E-state index >= 15 is 0 Å². The van der Waals surface area contributed by atoms with Gasteiger partial charge in [0.05, 0.1) is 18.1 Å². The molecular formula is C11H11ClN4O3S. The van der Waals surface area contributed by atoms with Crippen LogP contribution in [0.5, 0.6) is 0 Å². The second-order valence-corrected chi connectivity index (χ2v) is 5.10. The highest BCUT2D eigenvalue weighted by Gasteiger charge is 2.13. The summed E-state index contributed by atoms with van der Waals surface area (Å²) in [6, 6.07) is 5.00. The van der Waals surface area contributed by atoms with Crippen LogP contribution < -0.4 is 0 Å². The summed E-state index contributed by atoms with van der Waals surface area (Å²) in [5.74, 6) is -0.512. The van der Waals surface area contributed by atoms with Crippen molar-refractivity contribution in [3.8, 4) is 5.82 Å². The molecule has 2 rings (SSSR count). The predicted octanol–water partition coefficient (Wildman–Crippen LogP) is 1.64. The smallest absolute Gasteiger partial charge is 0.313 e. The van der Waals surface area contributed by atoms with E-state index in [2.05, 4.69) is 15.3 Å². The van der Waals surface area contributed by atoms with E-state index < -0.39 is 5.97 Å². The molecule has 0 aromatic carbocycles. The van der Waals surface area contributed by atoms with Crippen LogP contribution in [0.3, 0.4) is 0 Å². The van der Waals surface area contributed by atoms with Gasteiger partial charge in [-0.25, -0.2) is 4.68 Å². The normalized spacial score (nSPS) is 10.7. The summed E-state index contributed by atoms with van der Waals surface area (Å²) in [5, 5.41) is 21.7. The standard InChI is InChI=1S/C11H11ClN4O3S/c1-19-5-7-4-10(20-6-11(17)18)16(15-7)9-3-2-8(12)13-14-9/h2-4H,5-6H2,1H3,(H,17,18). The lowest BCUT2D eigenvalue weighted by Crippen LogP contribution is -2.05. The SMILES string of the molecule is COCc1cc(SCC(=O)O)n(-c2ccc(Cl)nn2)n1. The van der Waals surface area contributed by atoms with Crippen LogP contribution in [0, 0.1) is 0 Å². The van der Waals surface area contributed by atoms with E-state index in [1.807, 2.05) is 0 Å². The van der Waals surface area contributed by atoms with Gasteiger partial charge in [-0.05, 0) is 18.2 Å². The highest BCUT2D eigenvalue weighted by Crippen LogP contribution is 2.22. The van der Waals surface area contributed by atoms with E-state index in [9.17, 15) is 4.79 Å². The van der Waals surface area contributed by atoms with Gasteiger partial charge < -0.3 is 9.84 Å². The first-order valence-electron chi connectivity index (χ1n) is 5.52. The molecule has 0 aliphatic rings. The summed E-state index contributed by atoms with van der Waals surface area (Å²) in [6.45, 7) is 0.328. The van der Waals surface area contributed by atoms with Crippen LogP contribution in [0.25, 0.3) is 5.82 Å². The summed E-state index contributed by atoms with van der Waals surface area (Å²) in [5.41, 5.74) is 0.678. The first kappa shape index (κ1) is 14.8. The van der Waals surface area contributed by atoms with Crippen LogP contribution in [-0.2, 0) is 16.1 Å². The Morgan fingerprint density at radius 3 is 2.90 bits per heavy atom. The van der Waals surface area contributed by atoms with E-state index in [1.54, 1.807) is 25.3 Å². The van der Waals surface area contributed by atoms with E-state index in [1.165, 1.54) is 4.68 Å². The molecule has 0 fully saturated rings. The summed E-state index contributed by atoms with van der Waals surface area (Å²) in [6.07, 6.45) is 0. The van der Waals surface area contributed by atoms with Crippen LogP contribution in [0.4, 0.5) is 0 Å². The van der Waals surface area contributed by atoms with Crippen LogP contribution >= 0.6 is 23.4 Å². The van der Waals surface area contributed by atoms with Gasteiger partial charge in [0.2, 0.25) is 0 Å². The van der Waals surface area contributed by atoms with Crippen LogP contribution in [0.15, 0.2) is 23.2 Å². The van der Waals surface area contributed by atoms with Crippen molar-refractivity contribution in [1.82, 2.24) is 20.0 Å². The maximum atomic E-state index is 10.7. The number of ether oxygens (including phenoxy) is 1. The number of rotatable bonds is 6. The molecule has 0 aliphatic heterocycles. The van der Waals surface area contributed by atoms with E-state index in [4.69, 9.17) is 21.4 Å². The van der Waals surface area contributed by atoms with Crippen molar-refractivity contribution in [3.05, 3.63) is 29.0 Å². The number of aliphatic carboxylic acids is 1. The van der Waals surface area contributed by atoms with Crippen LogP contribution in [0.2, 0.25) is 5.15 Å². The zero-order valence-corrected chi connectivity index (χ0v) is 12.1. The number of halogens is 1. The zero-order valence-electron chi connectivity index (χ0n) is 10.5. The molecule has 0 radical (unpaired) electrons. The summed E-state index contributed by atoms with van der Waals surface area (Å²) < 4.78 is 6.54. The van der Waals surface area contributed by atoms with E-state index in [0.717, 1.165) is 11.8 Å². The minimum Gasteiger partial charge on any atom is -0.481 e. The van der Waals surface area contributed by atoms with E-state index in [0.29, 0.717) is 23.1 Å². The lowest BCUT2D eigenvalue weighted by Gasteiger charge is -2.04. The number of aromatic nitrogens is 4. The third-order valence-electron chi connectivity index (χ3n) is 2.20. The molecular weight excluding hydrogens is 304 g/mol. The van der Waals surface area contributed by atoms with Crippen LogP contribution in [-0.4, -0.2) is 43.9 Å². The fourth-order valence-corrected chi connectivity index (χ4v) is 2.30. The highest BCUT2D eigenvalue weighted by atomic mass is 35.5. The molecule has 9 heteroatoms. The Hall–Kier alpha value is -1.64. The number of hydrogen-bond acceptors (Lipinski definition) is 6. The van der Waals surface area contributed by atoms with Crippen molar-refractivity contribution < 1.29 is 14.6 Å². The molecule has 2 heterocycles. The molecule has 0 saturated carbocycles. The van der Waals surface area contributed by atoms with Crippen molar-refractivity contribution in [2.75, 3.05) is 12.9 Å². The lowest BCUT2D eigenvalue weighted by atomic mass is 10.5. The van der Waals surface area contributed by atoms with Gasteiger partial charge in [0.25, 0.3) is 0 Å². The second-order valence-electron chi connectivity index (χ2n) is 3.72. The molecule has 0 amide bonds. The number of hydrogen-bond donors (Lipinski definition) is 1. The topological polar surface area (TPSA) is 90.1 Å². The fourth-order valence-electron chi connectivity index (χ4n) is 1.45. The third-order valence-corrected chi connectivity index (χ3v) is 3.38. The van der Waals surface area contributed by atoms with Gasteiger partial charge in [0.15, 0.2) is 11.0 Å². The van der Waals surface area contributed by atoms with Gasteiger partial charge >= 0.3 is 5.97 Å². The molecule has 0 atom stereocenters. The van der Waals surface area contributed by atoms with Gasteiger partial charge in [-0.2, -0.15) is 5.10 Å². The van der Waals surface area contributed by atoms with Crippen LogP contribution in [0.1, 0.15) is 5.69 Å². The van der Waals surface area contributed by atoms with Gasteiger partial charge in [-0.3, -0.25) is 4.79 Å². The van der Waals surface area contributed by atoms with Gasteiger partial charge in [0, 0.05) is 7.11 Å². The average molecular weight is 315 g/mol. The van der Waals surface area contributed by atoms with Gasteiger partial charge in [-0.1, -0.05) is 23.4 Å². The number of carboxylic acid groups (broad SMARTS) is 1. The molecule has 0 spiro atoms. The summed E-state index contributed by atoms with van der Waals surface area (Å²) in [7, 11) is 1.56. The monoisotopic (exact) mass is 314 g/mol. The van der Waals surface area contributed by atoms with Crippen molar-refractivity contribution in [2.24, 2.45) is 0 Å². The maximum absolute atomic E-state index is 10.7. The lowest BCUT2D eigenvalue weighted by molar-refractivity contribution is -0.133. The molecule has 0 unspecified atom stereocenters. The Morgan fingerprint density at radius 1 is 1.50 bits per heavy atom. The van der Waals surface area contributed by atoms with Crippen molar-refractivity contribution in [2.45, 2.75) is 11.6 Å². The minimum absolute atomic E-state index is 0.0703. The average Bonchev–Trinajstić information content (AvgIpc) is 2.81. The number of nitrogens with zero attached hydrogens (tertiary/aromatic N) is 4. The molecule has 7 nitrogen and oxygen atoms in total. The molecule has 20 heavy (non-hydrogen) atoms. The Balaban J connectivity index is 2.33. The Bertz CT molecular complexity index is 602. The highest BCUT2D eigenvalue weighted by molar-refractivity contribution is 7.99. The minimum atomic E-state index is -0.904. The van der Waals surface area contributed by atoms with Gasteiger partial charge in [0.1, 0.15) is 5.03 Å². The molecule has 2 aromatic rings. The molecule has 1 N–H and O–H groups in total. The first-order valence-corrected chi connectivity index (χ1v) is 6.88. The molecule has 0 saturated heterocycles. The third kappa shape index (κ3) is 3.69. The molecule has 0 aliphatic carbocycles. The Labute approximate surface area is 123 Å².